The third-order valence-electron chi connectivity index (χ3n) is 4.31. The van der Waals surface area contributed by atoms with Crippen LogP contribution in [0, 0.1) is 5.82 Å². The van der Waals surface area contributed by atoms with Gasteiger partial charge in [-0.3, -0.25) is 0 Å². The number of rotatable bonds is 7. The summed E-state index contributed by atoms with van der Waals surface area (Å²) in [7, 11) is 0. The molecule has 1 aromatic carbocycles. The first-order valence-electron chi connectivity index (χ1n) is 8.43. The maximum absolute atomic E-state index is 13.0. The highest BCUT2D eigenvalue weighted by molar-refractivity contribution is 5.74. The molecule has 7 nitrogen and oxygen atoms in total. The number of carbonyl (C=O) groups excluding carboxylic acids is 1. The molecule has 0 bridgehead atoms. The van der Waals surface area contributed by atoms with Crippen molar-refractivity contribution in [2.45, 2.75) is 45.0 Å². The number of amides is 2. The third-order valence-corrected chi connectivity index (χ3v) is 4.31. The average Bonchev–Trinajstić information content (AvgIpc) is 3.35. The lowest BCUT2D eigenvalue weighted by atomic mass is 10.1. The number of aromatic nitrogens is 3. The molecule has 0 radical (unpaired) electrons. The van der Waals surface area contributed by atoms with Crippen molar-refractivity contribution in [1.29, 1.82) is 0 Å². The maximum atomic E-state index is 13.0. The number of aliphatic hydroxyl groups excluding tert-OH is 1. The Hall–Kier alpha value is -2.48. The molecule has 0 spiro atoms. The Balaban J connectivity index is 1.60. The number of nitrogens with one attached hydrogen (secondary N) is 1. The number of halogens is 1. The molecular formula is C17H22FN5O2. The van der Waals surface area contributed by atoms with Crippen LogP contribution in [0.4, 0.5) is 9.18 Å². The summed E-state index contributed by atoms with van der Waals surface area (Å²) in [5.41, 5.74) is 0.588. The van der Waals surface area contributed by atoms with Gasteiger partial charge in [0.05, 0.1) is 19.2 Å². The molecule has 2 N–H and O–H groups in total. The largest absolute Gasteiger partial charge is 0.387 e. The van der Waals surface area contributed by atoms with Crippen LogP contribution in [0.3, 0.4) is 0 Å². The van der Waals surface area contributed by atoms with Crippen molar-refractivity contribution < 1.29 is 14.3 Å². The van der Waals surface area contributed by atoms with Crippen molar-refractivity contribution in [3.05, 3.63) is 47.8 Å². The van der Waals surface area contributed by atoms with Crippen LogP contribution in [-0.4, -0.2) is 43.4 Å². The lowest BCUT2D eigenvalue weighted by Gasteiger charge is -2.25. The summed E-state index contributed by atoms with van der Waals surface area (Å²) in [6.07, 6.45) is 2.62. The zero-order chi connectivity index (χ0) is 17.8. The molecule has 1 aliphatic carbocycles. The minimum absolute atomic E-state index is 0.138. The molecule has 0 saturated heterocycles. The Bertz CT molecular complexity index is 714. The summed E-state index contributed by atoms with van der Waals surface area (Å²) in [5.74, 6) is 0.332. The topological polar surface area (TPSA) is 83.3 Å². The van der Waals surface area contributed by atoms with E-state index < -0.39 is 6.10 Å². The van der Waals surface area contributed by atoms with Crippen molar-refractivity contribution in [2.24, 2.45) is 0 Å². The molecule has 3 rings (SSSR count). The van der Waals surface area contributed by atoms with E-state index in [0.717, 1.165) is 19.4 Å². The van der Waals surface area contributed by atoms with Crippen molar-refractivity contribution >= 4 is 6.03 Å². The molecule has 1 heterocycles. The van der Waals surface area contributed by atoms with Gasteiger partial charge in [0.25, 0.3) is 0 Å². The molecule has 1 saturated carbocycles. The summed E-state index contributed by atoms with van der Waals surface area (Å²) in [6.45, 7) is 3.16. The lowest BCUT2D eigenvalue weighted by Crippen LogP contribution is -2.43. The fourth-order valence-electron chi connectivity index (χ4n) is 2.70. The van der Waals surface area contributed by atoms with Crippen molar-refractivity contribution in [1.82, 2.24) is 25.0 Å². The van der Waals surface area contributed by atoms with E-state index in [1.54, 1.807) is 11.2 Å². The molecule has 0 aliphatic heterocycles. The minimum Gasteiger partial charge on any atom is -0.387 e. The summed E-state index contributed by atoms with van der Waals surface area (Å²) >= 11 is 0. The van der Waals surface area contributed by atoms with Gasteiger partial charge in [-0.05, 0) is 37.5 Å². The number of aryl methyl sites for hydroxylation is 1. The maximum Gasteiger partial charge on any atom is 0.318 e. The van der Waals surface area contributed by atoms with Crippen molar-refractivity contribution in [3.63, 3.8) is 0 Å². The third kappa shape index (κ3) is 4.33. The number of urea groups is 1. The predicted octanol–water partition coefficient (Wildman–Crippen LogP) is 1.84. The predicted molar refractivity (Wildman–Crippen MR) is 89.0 cm³/mol. The summed E-state index contributed by atoms with van der Waals surface area (Å²) < 4.78 is 14.9. The molecule has 8 heteroatoms. The van der Waals surface area contributed by atoms with Gasteiger partial charge in [-0.2, -0.15) is 0 Å². The highest BCUT2D eigenvalue weighted by Crippen LogP contribution is 2.29. The summed E-state index contributed by atoms with van der Waals surface area (Å²) in [4.78, 5) is 14.2. The molecule has 1 aliphatic rings. The zero-order valence-corrected chi connectivity index (χ0v) is 14.1. The first-order valence-corrected chi connectivity index (χ1v) is 8.43. The SMILES string of the molecule is CCn1cnnc1CNC(=O)N(CC(O)c1ccc(F)cc1)C1CC1. The molecule has 1 fully saturated rings. The van der Waals surface area contributed by atoms with Crippen LogP contribution in [0.5, 0.6) is 0 Å². The van der Waals surface area contributed by atoms with Gasteiger partial charge in [-0.25, -0.2) is 9.18 Å². The lowest BCUT2D eigenvalue weighted by molar-refractivity contribution is 0.117. The van der Waals surface area contributed by atoms with Gasteiger partial charge in [-0.1, -0.05) is 12.1 Å². The van der Waals surface area contributed by atoms with Crippen LogP contribution < -0.4 is 5.32 Å². The monoisotopic (exact) mass is 347 g/mol. The first kappa shape index (κ1) is 17.3. The van der Waals surface area contributed by atoms with E-state index in [-0.39, 0.29) is 31.0 Å². The van der Waals surface area contributed by atoms with Crippen LogP contribution in [0.15, 0.2) is 30.6 Å². The fraction of sp³-hybridized carbons (Fsp3) is 0.471. The van der Waals surface area contributed by atoms with E-state index in [1.165, 1.54) is 24.3 Å². The normalized spacial score (nSPS) is 15.0. The molecular weight excluding hydrogens is 325 g/mol. The Morgan fingerprint density at radius 2 is 2.16 bits per heavy atom. The fourth-order valence-corrected chi connectivity index (χ4v) is 2.70. The van der Waals surface area contributed by atoms with Gasteiger partial charge < -0.3 is 19.9 Å². The number of nitrogens with zero attached hydrogens (tertiary/aromatic N) is 4. The minimum atomic E-state index is -0.855. The smallest absolute Gasteiger partial charge is 0.318 e. The van der Waals surface area contributed by atoms with Crippen molar-refractivity contribution in [2.75, 3.05) is 6.54 Å². The van der Waals surface area contributed by atoms with Gasteiger partial charge in [0, 0.05) is 12.6 Å². The van der Waals surface area contributed by atoms with E-state index >= 15 is 0 Å². The average molecular weight is 347 g/mol. The van der Waals surface area contributed by atoms with Gasteiger partial charge in [-0.15, -0.1) is 10.2 Å². The Kier molecular flexibility index (Phi) is 5.28. The van der Waals surface area contributed by atoms with Crippen LogP contribution in [-0.2, 0) is 13.1 Å². The Labute approximate surface area is 145 Å². The highest BCUT2D eigenvalue weighted by Gasteiger charge is 2.34. The van der Waals surface area contributed by atoms with E-state index in [0.29, 0.717) is 11.4 Å². The standard InChI is InChI=1S/C17H22FN5O2/c1-2-22-11-20-21-16(22)9-19-17(25)23(14-7-8-14)10-15(24)12-3-5-13(18)6-4-12/h3-6,11,14-15,24H,2,7-10H2,1H3,(H,19,25). The number of hydrogen-bond donors (Lipinski definition) is 2. The Morgan fingerprint density at radius 3 is 2.80 bits per heavy atom. The molecule has 2 amide bonds. The molecule has 1 unspecified atom stereocenters. The number of aliphatic hydroxyl groups is 1. The van der Waals surface area contributed by atoms with E-state index in [9.17, 15) is 14.3 Å². The highest BCUT2D eigenvalue weighted by atomic mass is 19.1. The summed E-state index contributed by atoms with van der Waals surface area (Å²) in [6, 6.07) is 5.57. The van der Waals surface area contributed by atoms with Crippen LogP contribution in [0.25, 0.3) is 0 Å². The molecule has 1 aromatic heterocycles. The quantitative estimate of drug-likeness (QED) is 0.801. The molecule has 134 valence electrons. The van der Waals surface area contributed by atoms with Crippen LogP contribution >= 0.6 is 0 Å². The van der Waals surface area contributed by atoms with Gasteiger partial charge >= 0.3 is 6.03 Å². The second kappa shape index (κ2) is 7.60. The summed E-state index contributed by atoms with van der Waals surface area (Å²) in [5, 5.41) is 21.0. The van der Waals surface area contributed by atoms with Gasteiger partial charge in [0.1, 0.15) is 12.1 Å². The van der Waals surface area contributed by atoms with Crippen LogP contribution in [0.1, 0.15) is 37.3 Å². The number of benzene rings is 1. The zero-order valence-electron chi connectivity index (χ0n) is 14.1. The number of carbonyl (C=O) groups is 1. The molecule has 1 atom stereocenters. The molecule has 25 heavy (non-hydrogen) atoms. The van der Waals surface area contributed by atoms with Gasteiger partial charge in [0.2, 0.25) is 0 Å². The van der Waals surface area contributed by atoms with Crippen molar-refractivity contribution in [3.8, 4) is 0 Å². The number of hydrogen-bond acceptors (Lipinski definition) is 4. The van der Waals surface area contributed by atoms with E-state index in [1.807, 2.05) is 11.5 Å². The molecule has 2 aromatic rings. The van der Waals surface area contributed by atoms with Crippen LogP contribution in [0.2, 0.25) is 0 Å². The van der Waals surface area contributed by atoms with E-state index in [4.69, 9.17) is 0 Å². The first-order chi connectivity index (χ1) is 12.1. The van der Waals surface area contributed by atoms with E-state index in [2.05, 4.69) is 15.5 Å². The second-order valence-electron chi connectivity index (χ2n) is 6.14. The van der Waals surface area contributed by atoms with Gasteiger partial charge in [0.15, 0.2) is 5.82 Å². The Morgan fingerprint density at radius 1 is 1.44 bits per heavy atom. The second-order valence-corrected chi connectivity index (χ2v) is 6.14.